The number of benzene rings is 1. The molecule has 1 aromatic carbocycles. The molecule has 2 fully saturated rings. The van der Waals surface area contributed by atoms with Crippen molar-refractivity contribution in [2.24, 2.45) is 11.7 Å². The van der Waals surface area contributed by atoms with Crippen LogP contribution in [-0.2, 0) is 22.9 Å². The smallest absolute Gasteiger partial charge is 0.156 e. The molecular formula is C16H21FN4O2S. The lowest BCUT2D eigenvalue weighted by Crippen LogP contribution is -2.33. The fourth-order valence-corrected chi connectivity index (χ4v) is 6.43. The van der Waals surface area contributed by atoms with Crippen LogP contribution in [0.5, 0.6) is 0 Å². The summed E-state index contributed by atoms with van der Waals surface area (Å²) >= 11 is 0. The van der Waals surface area contributed by atoms with Crippen molar-refractivity contribution in [1.29, 1.82) is 0 Å². The van der Waals surface area contributed by atoms with Gasteiger partial charge in [0.25, 0.3) is 0 Å². The summed E-state index contributed by atoms with van der Waals surface area (Å²) in [6, 6.07) is 4.34. The third-order valence-electron chi connectivity index (χ3n) is 5.29. The number of aromatic nitrogens is 2. The molecule has 1 aromatic heterocycles. The van der Waals surface area contributed by atoms with Gasteiger partial charge in [-0.15, -0.1) is 0 Å². The molecule has 0 saturated carbocycles. The summed E-state index contributed by atoms with van der Waals surface area (Å²) in [6.07, 6.45) is 0. The molecule has 2 N–H and O–H groups in total. The van der Waals surface area contributed by atoms with Gasteiger partial charge >= 0.3 is 0 Å². The summed E-state index contributed by atoms with van der Waals surface area (Å²) in [5.41, 5.74) is 7.55. The van der Waals surface area contributed by atoms with Crippen LogP contribution in [0.3, 0.4) is 0 Å². The van der Waals surface area contributed by atoms with E-state index in [1.54, 1.807) is 6.07 Å². The first kappa shape index (κ1) is 16.0. The minimum Gasteiger partial charge on any atom is -0.327 e. The number of sulfone groups is 1. The van der Waals surface area contributed by atoms with Crippen molar-refractivity contribution in [2.75, 3.05) is 18.8 Å². The Labute approximate surface area is 140 Å². The minimum absolute atomic E-state index is 0.00639. The van der Waals surface area contributed by atoms with Crippen LogP contribution in [0.15, 0.2) is 18.2 Å². The Bertz CT molecular complexity index is 895. The zero-order chi connectivity index (χ0) is 17.1. The first-order valence-corrected chi connectivity index (χ1v) is 9.94. The average molecular weight is 352 g/mol. The lowest BCUT2D eigenvalue weighted by Gasteiger charge is -2.18. The van der Waals surface area contributed by atoms with Crippen molar-refractivity contribution in [3.05, 3.63) is 29.8 Å². The van der Waals surface area contributed by atoms with Gasteiger partial charge in [-0.05, 0) is 19.1 Å². The van der Waals surface area contributed by atoms with Gasteiger partial charge in [0.05, 0.1) is 28.6 Å². The molecule has 3 atom stereocenters. The monoisotopic (exact) mass is 352 g/mol. The van der Waals surface area contributed by atoms with Crippen molar-refractivity contribution in [3.63, 3.8) is 0 Å². The second-order valence-electron chi connectivity index (χ2n) is 6.80. The summed E-state index contributed by atoms with van der Waals surface area (Å²) in [4.78, 5) is 6.66. The third-order valence-corrected chi connectivity index (χ3v) is 7.56. The van der Waals surface area contributed by atoms with E-state index in [4.69, 9.17) is 5.73 Å². The molecule has 24 heavy (non-hydrogen) atoms. The van der Waals surface area contributed by atoms with E-state index in [9.17, 15) is 12.8 Å². The molecule has 2 saturated heterocycles. The maximum absolute atomic E-state index is 13.4. The number of hydrogen-bond acceptors (Lipinski definition) is 5. The number of nitrogens with two attached hydrogens (primary N) is 1. The molecule has 0 radical (unpaired) electrons. The standard InChI is InChI=1S/C16H21FN4O2S/c1-2-21-14-4-3-10(17)5-13(14)19-16(21)8-20-6-11-12(18)9-24(22,23)15(11)7-20/h3-5,11-12,15H,2,6-9,18H2,1H3/t11-,12+,15-/m1/s1. The predicted molar refractivity (Wildman–Crippen MR) is 89.7 cm³/mol. The Hall–Kier alpha value is -1.51. The average Bonchev–Trinajstić information content (AvgIpc) is 3.13. The Morgan fingerprint density at radius 2 is 2.17 bits per heavy atom. The maximum Gasteiger partial charge on any atom is 0.156 e. The topological polar surface area (TPSA) is 81.2 Å². The van der Waals surface area contributed by atoms with E-state index >= 15 is 0 Å². The van der Waals surface area contributed by atoms with Crippen molar-refractivity contribution in [3.8, 4) is 0 Å². The largest absolute Gasteiger partial charge is 0.327 e. The molecule has 130 valence electrons. The molecule has 8 heteroatoms. The van der Waals surface area contributed by atoms with Gasteiger partial charge in [0.15, 0.2) is 9.84 Å². The Balaban J connectivity index is 1.62. The highest BCUT2D eigenvalue weighted by Gasteiger charge is 2.50. The summed E-state index contributed by atoms with van der Waals surface area (Å²) in [5, 5.41) is -0.357. The fourth-order valence-electron chi connectivity index (χ4n) is 4.14. The summed E-state index contributed by atoms with van der Waals surface area (Å²) < 4.78 is 39.9. The van der Waals surface area contributed by atoms with Crippen molar-refractivity contribution in [2.45, 2.75) is 31.3 Å². The van der Waals surface area contributed by atoms with E-state index in [-0.39, 0.29) is 28.8 Å². The second kappa shape index (κ2) is 5.50. The maximum atomic E-state index is 13.4. The predicted octanol–water partition coefficient (Wildman–Crippen LogP) is 0.751. The van der Waals surface area contributed by atoms with Crippen LogP contribution < -0.4 is 5.73 Å². The second-order valence-corrected chi connectivity index (χ2v) is 9.06. The fraction of sp³-hybridized carbons (Fsp3) is 0.562. The van der Waals surface area contributed by atoms with Gasteiger partial charge in [-0.1, -0.05) is 0 Å². The van der Waals surface area contributed by atoms with Crippen LogP contribution in [0.4, 0.5) is 4.39 Å². The third kappa shape index (κ3) is 2.44. The molecule has 0 spiro atoms. The van der Waals surface area contributed by atoms with E-state index in [2.05, 4.69) is 14.5 Å². The van der Waals surface area contributed by atoms with Gasteiger partial charge in [0, 0.05) is 37.7 Å². The van der Waals surface area contributed by atoms with Gasteiger partial charge in [-0.25, -0.2) is 17.8 Å². The zero-order valence-corrected chi connectivity index (χ0v) is 14.3. The number of hydrogen-bond donors (Lipinski definition) is 1. The quantitative estimate of drug-likeness (QED) is 0.882. The highest BCUT2D eigenvalue weighted by molar-refractivity contribution is 7.92. The molecule has 2 aliphatic rings. The zero-order valence-electron chi connectivity index (χ0n) is 13.5. The number of aryl methyl sites for hydroxylation is 1. The number of imidazole rings is 1. The molecule has 0 unspecified atom stereocenters. The van der Waals surface area contributed by atoms with E-state index in [0.717, 1.165) is 17.9 Å². The van der Waals surface area contributed by atoms with Crippen LogP contribution in [0, 0.1) is 11.7 Å². The van der Waals surface area contributed by atoms with Gasteiger partial charge in [-0.3, -0.25) is 4.90 Å². The van der Waals surface area contributed by atoms with E-state index in [0.29, 0.717) is 25.2 Å². The highest BCUT2D eigenvalue weighted by atomic mass is 32.2. The summed E-state index contributed by atoms with van der Waals surface area (Å²) in [5.74, 6) is 0.640. The Morgan fingerprint density at radius 1 is 1.38 bits per heavy atom. The molecule has 2 aromatic rings. The molecule has 2 aliphatic heterocycles. The van der Waals surface area contributed by atoms with Crippen molar-refractivity contribution in [1.82, 2.24) is 14.5 Å². The number of nitrogens with zero attached hydrogens (tertiary/aromatic N) is 3. The van der Waals surface area contributed by atoms with Crippen LogP contribution in [0.1, 0.15) is 12.7 Å². The van der Waals surface area contributed by atoms with Gasteiger partial charge in [-0.2, -0.15) is 0 Å². The normalized spacial score (nSPS) is 29.4. The van der Waals surface area contributed by atoms with Crippen LogP contribution in [-0.4, -0.2) is 53.0 Å². The number of likely N-dealkylation sites (tertiary alicyclic amines) is 1. The van der Waals surface area contributed by atoms with Gasteiger partial charge < -0.3 is 10.3 Å². The minimum atomic E-state index is -3.09. The number of fused-ring (bicyclic) bond motifs is 2. The molecule has 0 aliphatic carbocycles. The van der Waals surface area contributed by atoms with Crippen LogP contribution >= 0.6 is 0 Å². The number of rotatable bonds is 3. The first-order valence-electron chi connectivity index (χ1n) is 8.23. The molecule has 0 amide bonds. The summed E-state index contributed by atoms with van der Waals surface area (Å²) in [7, 11) is -3.09. The SMILES string of the molecule is CCn1c(CN2C[C@H]3[C@@H](C2)S(=O)(=O)C[C@@H]3N)nc2cc(F)ccc21. The lowest BCUT2D eigenvalue weighted by molar-refractivity contribution is 0.297. The molecule has 6 nitrogen and oxygen atoms in total. The summed E-state index contributed by atoms with van der Waals surface area (Å²) in [6.45, 7) is 4.48. The molecule has 3 heterocycles. The highest BCUT2D eigenvalue weighted by Crippen LogP contribution is 2.33. The van der Waals surface area contributed by atoms with Crippen LogP contribution in [0.25, 0.3) is 11.0 Å². The van der Waals surface area contributed by atoms with Gasteiger partial charge in [0.2, 0.25) is 0 Å². The van der Waals surface area contributed by atoms with E-state index in [1.165, 1.54) is 12.1 Å². The van der Waals surface area contributed by atoms with Crippen molar-refractivity contribution < 1.29 is 12.8 Å². The van der Waals surface area contributed by atoms with E-state index in [1.807, 2.05) is 6.92 Å². The van der Waals surface area contributed by atoms with Gasteiger partial charge in [0.1, 0.15) is 11.6 Å². The Morgan fingerprint density at radius 3 is 2.88 bits per heavy atom. The molecule has 0 bridgehead atoms. The van der Waals surface area contributed by atoms with Crippen LogP contribution in [0.2, 0.25) is 0 Å². The molecular weight excluding hydrogens is 331 g/mol. The lowest BCUT2D eigenvalue weighted by atomic mass is 10.0. The first-order chi connectivity index (χ1) is 11.4. The molecule has 4 rings (SSSR count). The Kier molecular flexibility index (Phi) is 3.67. The van der Waals surface area contributed by atoms with E-state index < -0.39 is 9.84 Å². The number of halogens is 1. The van der Waals surface area contributed by atoms with Crippen molar-refractivity contribution >= 4 is 20.9 Å².